The van der Waals surface area contributed by atoms with Crippen LogP contribution in [-0.4, -0.2) is 25.7 Å². The predicted octanol–water partition coefficient (Wildman–Crippen LogP) is 1.95. The van der Waals surface area contributed by atoms with Gasteiger partial charge in [0.2, 0.25) is 10.0 Å². The lowest BCUT2D eigenvalue weighted by atomic mass is 9.65. The molecule has 7 heteroatoms. The third kappa shape index (κ3) is 2.44. The minimum atomic E-state index is -3.47. The van der Waals surface area contributed by atoms with Crippen LogP contribution in [0.15, 0.2) is 20.1 Å². The number of aliphatic hydroxyl groups is 1. The molecular weight excluding hydrogens is 326 g/mol. The minimum Gasteiger partial charge on any atom is -0.392 e. The molecule has 96 valence electrons. The van der Waals surface area contributed by atoms with Gasteiger partial charge in [-0.3, -0.25) is 0 Å². The van der Waals surface area contributed by atoms with Crippen LogP contribution in [0, 0.1) is 5.41 Å². The average Bonchev–Trinajstić information content (AvgIpc) is 2.65. The number of rotatable bonds is 3. The largest absolute Gasteiger partial charge is 0.392 e. The molecule has 1 fully saturated rings. The Morgan fingerprint density at radius 2 is 2.18 bits per heavy atom. The molecule has 0 saturated heterocycles. The van der Waals surface area contributed by atoms with Crippen LogP contribution in [0.4, 0.5) is 0 Å². The molecule has 1 aliphatic carbocycles. The summed E-state index contributed by atoms with van der Waals surface area (Å²) in [6.45, 7) is 3.72. The van der Waals surface area contributed by atoms with E-state index in [9.17, 15) is 13.5 Å². The summed E-state index contributed by atoms with van der Waals surface area (Å²) < 4.78 is 27.8. The molecule has 0 bridgehead atoms. The maximum absolute atomic E-state index is 12.0. The van der Waals surface area contributed by atoms with E-state index in [1.165, 1.54) is 11.3 Å². The monoisotopic (exact) mass is 339 g/mol. The molecule has 1 aromatic rings. The van der Waals surface area contributed by atoms with Gasteiger partial charge in [0.05, 0.1) is 9.89 Å². The lowest BCUT2D eigenvalue weighted by molar-refractivity contribution is -0.0645. The molecule has 0 aromatic carbocycles. The molecular formula is C10H14BrNO3S2. The molecule has 0 radical (unpaired) electrons. The van der Waals surface area contributed by atoms with Gasteiger partial charge in [-0.1, -0.05) is 13.8 Å². The summed E-state index contributed by atoms with van der Waals surface area (Å²) in [5.74, 6) is 0. The summed E-state index contributed by atoms with van der Waals surface area (Å²) in [5, 5.41) is 9.58. The first-order chi connectivity index (χ1) is 7.73. The predicted molar refractivity (Wildman–Crippen MR) is 70.5 cm³/mol. The Bertz CT molecular complexity index is 523. The zero-order valence-corrected chi connectivity index (χ0v) is 12.7. The van der Waals surface area contributed by atoms with E-state index in [-0.39, 0.29) is 6.04 Å². The van der Waals surface area contributed by atoms with Crippen LogP contribution in [0.1, 0.15) is 20.3 Å². The number of halogens is 1. The van der Waals surface area contributed by atoms with E-state index in [0.29, 0.717) is 10.6 Å². The number of hydrogen-bond acceptors (Lipinski definition) is 4. The average molecular weight is 340 g/mol. The number of nitrogens with one attached hydrogen (secondary N) is 1. The van der Waals surface area contributed by atoms with Crippen molar-refractivity contribution in [2.75, 3.05) is 0 Å². The Labute approximate surface area is 113 Å². The third-order valence-corrected chi connectivity index (χ3v) is 6.91. The first-order valence-electron chi connectivity index (χ1n) is 5.19. The Morgan fingerprint density at radius 1 is 1.53 bits per heavy atom. The number of aliphatic hydroxyl groups excluding tert-OH is 1. The maximum atomic E-state index is 12.0. The molecule has 0 amide bonds. The number of sulfonamides is 1. The van der Waals surface area contributed by atoms with Crippen molar-refractivity contribution in [2.24, 2.45) is 5.41 Å². The number of hydrogen-bond donors (Lipinski definition) is 2. The van der Waals surface area contributed by atoms with Crippen LogP contribution in [0.5, 0.6) is 0 Å². The topological polar surface area (TPSA) is 66.4 Å². The van der Waals surface area contributed by atoms with Gasteiger partial charge >= 0.3 is 0 Å². The molecule has 0 spiro atoms. The van der Waals surface area contributed by atoms with Gasteiger partial charge in [-0.2, -0.15) is 0 Å². The van der Waals surface area contributed by atoms with Gasteiger partial charge in [0.1, 0.15) is 4.21 Å². The molecule has 1 saturated carbocycles. The van der Waals surface area contributed by atoms with Gasteiger partial charge in [0.25, 0.3) is 0 Å². The fourth-order valence-electron chi connectivity index (χ4n) is 1.79. The first-order valence-corrected chi connectivity index (χ1v) is 8.28. The Kier molecular flexibility index (Phi) is 3.42. The summed E-state index contributed by atoms with van der Waals surface area (Å²) in [5.41, 5.74) is -0.401. The van der Waals surface area contributed by atoms with Crippen molar-refractivity contribution in [3.63, 3.8) is 0 Å². The van der Waals surface area contributed by atoms with Crippen LogP contribution >= 0.6 is 27.3 Å². The van der Waals surface area contributed by atoms with E-state index in [2.05, 4.69) is 20.7 Å². The van der Waals surface area contributed by atoms with E-state index in [0.717, 1.165) is 3.79 Å². The summed E-state index contributed by atoms with van der Waals surface area (Å²) in [6, 6.07) is 3.07. The molecule has 1 aliphatic rings. The van der Waals surface area contributed by atoms with Crippen LogP contribution in [0.25, 0.3) is 0 Å². The van der Waals surface area contributed by atoms with Crippen LogP contribution < -0.4 is 4.72 Å². The highest BCUT2D eigenvalue weighted by Crippen LogP contribution is 2.41. The normalized spacial score (nSPS) is 27.8. The van der Waals surface area contributed by atoms with Crippen molar-refractivity contribution in [2.45, 2.75) is 36.6 Å². The second kappa shape index (κ2) is 4.31. The highest BCUT2D eigenvalue weighted by Gasteiger charge is 2.49. The molecule has 2 atom stereocenters. The van der Waals surface area contributed by atoms with Gasteiger partial charge in [-0.15, -0.1) is 11.3 Å². The molecule has 17 heavy (non-hydrogen) atoms. The van der Waals surface area contributed by atoms with Crippen LogP contribution in [0.2, 0.25) is 0 Å². The van der Waals surface area contributed by atoms with Gasteiger partial charge in [0, 0.05) is 11.5 Å². The summed E-state index contributed by atoms with van der Waals surface area (Å²) in [7, 11) is -3.47. The number of thiophene rings is 1. The highest BCUT2D eigenvalue weighted by molar-refractivity contribution is 9.11. The van der Waals surface area contributed by atoms with Gasteiger partial charge in [-0.05, 0) is 34.5 Å². The standard InChI is InChI=1S/C10H14BrNO3S2/c1-10(2)6(5-7(10)13)12-17(14,15)9-4-3-8(11)16-9/h3-4,6-7,12-13H,5H2,1-2H3. The van der Waals surface area contributed by atoms with Gasteiger partial charge in [0.15, 0.2) is 0 Å². The Morgan fingerprint density at radius 3 is 2.59 bits per heavy atom. The fourth-order valence-corrected chi connectivity index (χ4v) is 5.22. The van der Waals surface area contributed by atoms with Crippen molar-refractivity contribution in [3.8, 4) is 0 Å². The van der Waals surface area contributed by atoms with Crippen molar-refractivity contribution >= 4 is 37.3 Å². The highest BCUT2D eigenvalue weighted by atomic mass is 79.9. The fraction of sp³-hybridized carbons (Fsp3) is 0.600. The molecule has 1 aromatic heterocycles. The summed E-state index contributed by atoms with van der Waals surface area (Å²) >= 11 is 4.42. The molecule has 4 nitrogen and oxygen atoms in total. The molecule has 2 rings (SSSR count). The Balaban J connectivity index is 2.15. The summed E-state index contributed by atoms with van der Waals surface area (Å²) in [4.78, 5) is 0. The smallest absolute Gasteiger partial charge is 0.250 e. The second-order valence-electron chi connectivity index (χ2n) is 4.81. The van der Waals surface area contributed by atoms with Crippen LogP contribution in [0.3, 0.4) is 0 Å². The summed E-state index contributed by atoms with van der Waals surface area (Å²) in [6.07, 6.45) is 0.0314. The van der Waals surface area contributed by atoms with Gasteiger partial charge in [-0.25, -0.2) is 13.1 Å². The van der Waals surface area contributed by atoms with Crippen molar-refractivity contribution in [1.82, 2.24) is 4.72 Å². The lowest BCUT2D eigenvalue weighted by Gasteiger charge is -2.49. The minimum absolute atomic E-state index is 0.205. The SMILES string of the molecule is CC1(C)C(O)CC1NS(=O)(=O)c1ccc(Br)s1. The lowest BCUT2D eigenvalue weighted by Crippen LogP contribution is -2.60. The molecule has 2 N–H and O–H groups in total. The second-order valence-corrected chi connectivity index (χ2v) is 9.21. The molecule has 1 heterocycles. The first kappa shape index (κ1) is 13.5. The van der Waals surface area contributed by atoms with Gasteiger partial charge < -0.3 is 5.11 Å². The molecule has 2 unspecified atom stereocenters. The molecule has 0 aliphatic heterocycles. The van der Waals surface area contributed by atoms with E-state index in [4.69, 9.17) is 0 Å². The Hall–Kier alpha value is 0.0500. The van der Waals surface area contributed by atoms with E-state index < -0.39 is 21.5 Å². The van der Waals surface area contributed by atoms with Crippen molar-refractivity contribution < 1.29 is 13.5 Å². The van der Waals surface area contributed by atoms with E-state index >= 15 is 0 Å². The maximum Gasteiger partial charge on any atom is 0.250 e. The van der Waals surface area contributed by atoms with E-state index in [1.54, 1.807) is 12.1 Å². The van der Waals surface area contributed by atoms with Crippen molar-refractivity contribution in [3.05, 3.63) is 15.9 Å². The zero-order valence-electron chi connectivity index (χ0n) is 9.47. The van der Waals surface area contributed by atoms with Crippen LogP contribution in [-0.2, 0) is 10.0 Å². The third-order valence-electron chi connectivity index (χ3n) is 3.33. The zero-order chi connectivity index (χ0) is 12.8. The quantitative estimate of drug-likeness (QED) is 0.884. The van der Waals surface area contributed by atoms with E-state index in [1.807, 2.05) is 13.8 Å². The van der Waals surface area contributed by atoms with Crippen molar-refractivity contribution in [1.29, 1.82) is 0 Å².